The SMILES string of the molecule is CC1CCCC(C(=O)NCCCC[C@H](NC(=O)N[C@@H](CCC(=O)O)C(=O)O)C(=O)O)CCC1. The Kier molecular flexibility index (Phi) is 12.9. The molecule has 0 saturated heterocycles. The third-order valence-corrected chi connectivity index (χ3v) is 5.94. The van der Waals surface area contributed by atoms with Crippen LogP contribution in [0.1, 0.15) is 77.6 Å². The summed E-state index contributed by atoms with van der Waals surface area (Å²) in [6.45, 7) is 2.66. The number of rotatable bonds is 13. The van der Waals surface area contributed by atoms with Crippen LogP contribution in [0.15, 0.2) is 0 Å². The van der Waals surface area contributed by atoms with E-state index in [4.69, 9.17) is 10.2 Å². The van der Waals surface area contributed by atoms with Crippen molar-refractivity contribution in [3.8, 4) is 0 Å². The quantitative estimate of drug-likeness (QED) is 0.220. The maximum absolute atomic E-state index is 12.4. The molecule has 0 heterocycles. The molecule has 0 aromatic rings. The third-order valence-electron chi connectivity index (χ3n) is 5.94. The molecule has 0 aromatic heterocycles. The number of hydrogen-bond donors (Lipinski definition) is 6. The molecule has 1 saturated carbocycles. The molecular weight excluding hydrogens is 434 g/mol. The number of urea groups is 1. The van der Waals surface area contributed by atoms with Gasteiger partial charge in [-0.25, -0.2) is 14.4 Å². The summed E-state index contributed by atoms with van der Waals surface area (Å²) < 4.78 is 0. The van der Waals surface area contributed by atoms with Crippen LogP contribution in [0.3, 0.4) is 0 Å². The molecule has 1 rings (SSSR count). The number of carbonyl (C=O) groups excluding carboxylic acids is 2. The summed E-state index contributed by atoms with van der Waals surface area (Å²) in [6, 6.07) is -3.67. The second-order valence-corrected chi connectivity index (χ2v) is 8.78. The Morgan fingerprint density at radius 3 is 1.88 bits per heavy atom. The van der Waals surface area contributed by atoms with Crippen molar-refractivity contribution in [2.75, 3.05) is 6.54 Å². The van der Waals surface area contributed by atoms with Gasteiger partial charge < -0.3 is 31.3 Å². The molecule has 3 amide bonds. The molecule has 0 aliphatic heterocycles. The fourth-order valence-corrected chi connectivity index (χ4v) is 3.95. The lowest BCUT2D eigenvalue weighted by molar-refractivity contribution is -0.140. The van der Waals surface area contributed by atoms with Gasteiger partial charge in [-0.2, -0.15) is 0 Å². The zero-order chi connectivity index (χ0) is 24.8. The van der Waals surface area contributed by atoms with E-state index < -0.39 is 42.4 Å². The molecule has 2 atom stereocenters. The predicted octanol–water partition coefficient (Wildman–Crippen LogP) is 1.95. The molecule has 1 fully saturated rings. The Balaban J connectivity index is 2.36. The first kappa shape index (κ1) is 28.2. The number of hydrogen-bond acceptors (Lipinski definition) is 5. The highest BCUT2D eigenvalue weighted by molar-refractivity contribution is 5.86. The van der Waals surface area contributed by atoms with Crippen LogP contribution in [0, 0.1) is 11.8 Å². The molecule has 11 heteroatoms. The van der Waals surface area contributed by atoms with E-state index in [1.807, 2.05) is 0 Å². The number of nitrogens with one attached hydrogen (secondary N) is 3. The molecule has 0 aromatic carbocycles. The van der Waals surface area contributed by atoms with Crippen LogP contribution in [0.25, 0.3) is 0 Å². The molecule has 1 aliphatic carbocycles. The minimum atomic E-state index is -1.44. The number of carbonyl (C=O) groups is 5. The highest BCUT2D eigenvalue weighted by Gasteiger charge is 2.25. The highest BCUT2D eigenvalue weighted by atomic mass is 16.4. The Labute approximate surface area is 193 Å². The van der Waals surface area contributed by atoms with Gasteiger partial charge >= 0.3 is 23.9 Å². The van der Waals surface area contributed by atoms with E-state index in [2.05, 4.69) is 22.9 Å². The summed E-state index contributed by atoms with van der Waals surface area (Å²) in [7, 11) is 0. The molecule has 1 aliphatic rings. The third kappa shape index (κ3) is 12.1. The monoisotopic (exact) mass is 471 g/mol. The summed E-state index contributed by atoms with van der Waals surface area (Å²) in [4.78, 5) is 57.6. The van der Waals surface area contributed by atoms with Gasteiger partial charge in [0.15, 0.2) is 0 Å². The van der Waals surface area contributed by atoms with Gasteiger partial charge in [0.2, 0.25) is 5.91 Å². The van der Waals surface area contributed by atoms with E-state index in [9.17, 15) is 29.1 Å². The van der Waals surface area contributed by atoms with Gasteiger partial charge in [0, 0.05) is 18.9 Å². The van der Waals surface area contributed by atoms with Gasteiger partial charge in [0.05, 0.1) is 0 Å². The van der Waals surface area contributed by atoms with Crippen LogP contribution in [0.4, 0.5) is 4.79 Å². The molecule has 6 N–H and O–H groups in total. The Morgan fingerprint density at radius 2 is 1.36 bits per heavy atom. The fourth-order valence-electron chi connectivity index (χ4n) is 3.95. The van der Waals surface area contributed by atoms with Crippen molar-refractivity contribution in [3.63, 3.8) is 0 Å². The average Bonchev–Trinajstić information content (AvgIpc) is 2.71. The topological polar surface area (TPSA) is 182 Å². The van der Waals surface area contributed by atoms with Crippen molar-refractivity contribution >= 4 is 29.8 Å². The number of amides is 3. The zero-order valence-electron chi connectivity index (χ0n) is 19.2. The summed E-state index contributed by atoms with van der Waals surface area (Å²) in [6.07, 6.45) is 6.47. The van der Waals surface area contributed by atoms with Crippen molar-refractivity contribution in [2.45, 2.75) is 89.6 Å². The van der Waals surface area contributed by atoms with Crippen LogP contribution < -0.4 is 16.0 Å². The van der Waals surface area contributed by atoms with Gasteiger partial charge in [-0.1, -0.05) is 32.6 Å². The van der Waals surface area contributed by atoms with Gasteiger partial charge in [-0.05, 0) is 44.4 Å². The molecule has 188 valence electrons. The van der Waals surface area contributed by atoms with Crippen LogP contribution >= 0.6 is 0 Å². The Bertz CT molecular complexity index is 675. The van der Waals surface area contributed by atoms with Gasteiger partial charge in [0.25, 0.3) is 0 Å². The van der Waals surface area contributed by atoms with Gasteiger partial charge in [-0.3, -0.25) is 9.59 Å². The predicted molar refractivity (Wildman–Crippen MR) is 119 cm³/mol. The molecule has 0 unspecified atom stereocenters. The smallest absolute Gasteiger partial charge is 0.326 e. The maximum atomic E-state index is 12.4. The minimum Gasteiger partial charge on any atom is -0.481 e. The second-order valence-electron chi connectivity index (χ2n) is 8.78. The largest absolute Gasteiger partial charge is 0.481 e. The number of aliphatic carboxylic acids is 3. The second kappa shape index (κ2) is 15.1. The first-order valence-electron chi connectivity index (χ1n) is 11.6. The van der Waals surface area contributed by atoms with Crippen LogP contribution in [-0.4, -0.2) is 63.8 Å². The first-order valence-corrected chi connectivity index (χ1v) is 11.6. The minimum absolute atomic E-state index is 0.0259. The van der Waals surface area contributed by atoms with Crippen molar-refractivity contribution in [1.29, 1.82) is 0 Å². The molecular formula is C22H37N3O8. The normalized spacial score (nSPS) is 20.4. The van der Waals surface area contributed by atoms with Crippen molar-refractivity contribution in [3.05, 3.63) is 0 Å². The van der Waals surface area contributed by atoms with E-state index in [1.165, 1.54) is 0 Å². The van der Waals surface area contributed by atoms with E-state index in [0.29, 0.717) is 25.3 Å². The maximum Gasteiger partial charge on any atom is 0.326 e. The van der Waals surface area contributed by atoms with E-state index in [0.717, 1.165) is 38.5 Å². The van der Waals surface area contributed by atoms with Crippen molar-refractivity contribution in [1.82, 2.24) is 16.0 Å². The summed E-state index contributed by atoms with van der Waals surface area (Å²) in [5.74, 6) is -3.10. The number of carboxylic acids is 3. The highest BCUT2D eigenvalue weighted by Crippen LogP contribution is 2.25. The Hall–Kier alpha value is -2.85. The molecule has 0 spiro atoms. The standard InChI is InChI=1S/C22H37N3O8/c1-14-6-4-8-15(9-5-7-14)19(28)23-13-3-2-10-16(20(29)30)24-22(33)25-17(21(31)32)11-12-18(26)27/h14-17H,2-13H2,1H3,(H,23,28)(H,26,27)(H,29,30)(H,31,32)(H2,24,25,33)/t14?,15?,16-,17-/m0/s1. The number of carboxylic acid groups (broad SMARTS) is 3. The molecule has 0 bridgehead atoms. The van der Waals surface area contributed by atoms with E-state index in [1.54, 1.807) is 0 Å². The summed E-state index contributed by atoms with van der Waals surface area (Å²) >= 11 is 0. The van der Waals surface area contributed by atoms with E-state index in [-0.39, 0.29) is 24.7 Å². The van der Waals surface area contributed by atoms with Crippen LogP contribution in [-0.2, 0) is 19.2 Å². The van der Waals surface area contributed by atoms with Gasteiger partial charge in [0.1, 0.15) is 12.1 Å². The summed E-state index contributed by atoms with van der Waals surface area (Å²) in [5.41, 5.74) is 0. The van der Waals surface area contributed by atoms with Gasteiger partial charge in [-0.15, -0.1) is 0 Å². The van der Waals surface area contributed by atoms with Crippen molar-refractivity contribution < 1.29 is 39.3 Å². The Morgan fingerprint density at radius 1 is 0.818 bits per heavy atom. The fraction of sp³-hybridized carbons (Fsp3) is 0.773. The lowest BCUT2D eigenvalue weighted by atomic mass is 9.86. The first-order chi connectivity index (χ1) is 15.6. The lowest BCUT2D eigenvalue weighted by Gasteiger charge is -2.22. The molecule has 0 radical (unpaired) electrons. The summed E-state index contributed by atoms with van der Waals surface area (Å²) in [5, 5.41) is 34.3. The zero-order valence-corrected chi connectivity index (χ0v) is 19.2. The average molecular weight is 472 g/mol. The van der Waals surface area contributed by atoms with Crippen molar-refractivity contribution in [2.24, 2.45) is 11.8 Å². The lowest BCUT2D eigenvalue weighted by Crippen LogP contribution is -2.51. The van der Waals surface area contributed by atoms with Crippen LogP contribution in [0.2, 0.25) is 0 Å². The molecule has 33 heavy (non-hydrogen) atoms. The number of unbranched alkanes of at least 4 members (excludes halogenated alkanes) is 1. The van der Waals surface area contributed by atoms with Crippen LogP contribution in [0.5, 0.6) is 0 Å². The van der Waals surface area contributed by atoms with E-state index >= 15 is 0 Å². The molecule has 11 nitrogen and oxygen atoms in total.